The molecule has 19 heavy (non-hydrogen) atoms. The SMILES string of the molecule is CCCn1ncnc1CN1CCCCC1C(N)=NO. The third kappa shape index (κ3) is 3.23. The highest BCUT2D eigenvalue weighted by atomic mass is 16.4. The number of aromatic nitrogens is 3. The minimum atomic E-state index is 0.00512. The lowest BCUT2D eigenvalue weighted by Crippen LogP contribution is -2.47. The lowest BCUT2D eigenvalue weighted by atomic mass is 10.0. The van der Waals surface area contributed by atoms with Gasteiger partial charge in [-0.2, -0.15) is 5.10 Å². The molecule has 0 aliphatic carbocycles. The first-order chi connectivity index (χ1) is 9.26. The molecule has 106 valence electrons. The third-order valence-corrected chi connectivity index (χ3v) is 3.55. The maximum absolute atomic E-state index is 8.87. The summed E-state index contributed by atoms with van der Waals surface area (Å²) in [7, 11) is 0. The standard InChI is InChI=1S/C12H22N6O/c1-2-6-18-11(14-9-15-18)8-17-7-4-3-5-10(17)12(13)16-19/h9-10,19H,2-8H2,1H3,(H2,13,16). The van der Waals surface area contributed by atoms with Crippen LogP contribution in [0.15, 0.2) is 11.5 Å². The van der Waals surface area contributed by atoms with E-state index in [9.17, 15) is 0 Å². The number of nitrogens with zero attached hydrogens (tertiary/aromatic N) is 5. The van der Waals surface area contributed by atoms with Crippen molar-refractivity contribution in [3.8, 4) is 0 Å². The second kappa shape index (κ2) is 6.51. The van der Waals surface area contributed by atoms with E-state index in [2.05, 4.69) is 27.1 Å². The number of amidine groups is 1. The molecule has 0 bridgehead atoms. The maximum Gasteiger partial charge on any atom is 0.156 e. The van der Waals surface area contributed by atoms with Crippen molar-refractivity contribution in [2.24, 2.45) is 10.9 Å². The summed E-state index contributed by atoms with van der Waals surface area (Å²) in [6.45, 7) is 4.63. The number of rotatable bonds is 5. The van der Waals surface area contributed by atoms with Gasteiger partial charge in [-0.05, 0) is 25.8 Å². The average molecular weight is 266 g/mol. The molecular formula is C12H22N6O. The molecule has 1 aromatic heterocycles. The molecule has 1 aliphatic rings. The zero-order chi connectivity index (χ0) is 13.7. The van der Waals surface area contributed by atoms with Crippen LogP contribution in [-0.4, -0.2) is 43.3 Å². The lowest BCUT2D eigenvalue weighted by molar-refractivity contribution is 0.171. The van der Waals surface area contributed by atoms with Gasteiger partial charge in [-0.1, -0.05) is 18.5 Å². The molecule has 1 aliphatic heterocycles. The molecule has 1 atom stereocenters. The maximum atomic E-state index is 8.87. The molecule has 1 fully saturated rings. The first kappa shape index (κ1) is 13.8. The fourth-order valence-electron chi connectivity index (χ4n) is 2.57. The number of hydrogen-bond donors (Lipinski definition) is 2. The van der Waals surface area contributed by atoms with E-state index in [4.69, 9.17) is 10.9 Å². The molecule has 0 amide bonds. The Kier molecular flexibility index (Phi) is 4.73. The number of oxime groups is 1. The van der Waals surface area contributed by atoms with Gasteiger partial charge in [-0.3, -0.25) is 4.90 Å². The Hall–Kier alpha value is -1.63. The van der Waals surface area contributed by atoms with Crippen LogP contribution in [0.2, 0.25) is 0 Å². The van der Waals surface area contributed by atoms with Crippen LogP contribution >= 0.6 is 0 Å². The van der Waals surface area contributed by atoms with Crippen LogP contribution in [0.25, 0.3) is 0 Å². The molecule has 1 unspecified atom stereocenters. The first-order valence-electron chi connectivity index (χ1n) is 6.84. The van der Waals surface area contributed by atoms with Crippen LogP contribution in [0.5, 0.6) is 0 Å². The molecule has 0 saturated carbocycles. The summed E-state index contributed by atoms with van der Waals surface area (Å²) >= 11 is 0. The average Bonchev–Trinajstić information content (AvgIpc) is 2.86. The van der Waals surface area contributed by atoms with Crippen molar-refractivity contribution >= 4 is 5.84 Å². The van der Waals surface area contributed by atoms with E-state index in [0.717, 1.165) is 44.6 Å². The van der Waals surface area contributed by atoms with Crippen LogP contribution < -0.4 is 5.73 Å². The minimum absolute atomic E-state index is 0.00512. The van der Waals surface area contributed by atoms with Crippen molar-refractivity contribution < 1.29 is 5.21 Å². The molecular weight excluding hydrogens is 244 g/mol. The van der Waals surface area contributed by atoms with Gasteiger partial charge in [-0.15, -0.1) is 0 Å². The summed E-state index contributed by atoms with van der Waals surface area (Å²) in [6.07, 6.45) is 5.79. The molecule has 0 spiro atoms. The van der Waals surface area contributed by atoms with Crippen LogP contribution in [0, 0.1) is 0 Å². The summed E-state index contributed by atoms with van der Waals surface area (Å²) in [5, 5.41) is 16.3. The fourth-order valence-corrected chi connectivity index (χ4v) is 2.57. The van der Waals surface area contributed by atoms with Crippen LogP contribution in [0.3, 0.4) is 0 Å². The van der Waals surface area contributed by atoms with E-state index in [1.165, 1.54) is 0 Å². The highest BCUT2D eigenvalue weighted by Crippen LogP contribution is 2.19. The number of piperidine rings is 1. The lowest BCUT2D eigenvalue weighted by Gasteiger charge is -2.34. The van der Waals surface area contributed by atoms with E-state index < -0.39 is 0 Å². The number of aryl methyl sites for hydroxylation is 1. The largest absolute Gasteiger partial charge is 0.409 e. The molecule has 0 radical (unpaired) electrons. The minimum Gasteiger partial charge on any atom is -0.409 e. The topological polar surface area (TPSA) is 92.6 Å². The summed E-state index contributed by atoms with van der Waals surface area (Å²) in [5.41, 5.74) is 5.78. The van der Waals surface area contributed by atoms with E-state index in [-0.39, 0.29) is 6.04 Å². The Morgan fingerprint density at radius 2 is 2.42 bits per heavy atom. The summed E-state index contributed by atoms with van der Waals surface area (Å²) in [5.74, 6) is 1.24. The van der Waals surface area contributed by atoms with Gasteiger partial charge < -0.3 is 10.9 Å². The van der Waals surface area contributed by atoms with Crippen molar-refractivity contribution in [3.63, 3.8) is 0 Å². The fraction of sp³-hybridized carbons (Fsp3) is 0.750. The molecule has 7 nitrogen and oxygen atoms in total. The second-order valence-corrected chi connectivity index (χ2v) is 4.91. The van der Waals surface area contributed by atoms with Gasteiger partial charge in [0.15, 0.2) is 5.84 Å². The van der Waals surface area contributed by atoms with Gasteiger partial charge in [-0.25, -0.2) is 9.67 Å². The Morgan fingerprint density at radius 3 is 3.16 bits per heavy atom. The second-order valence-electron chi connectivity index (χ2n) is 4.91. The van der Waals surface area contributed by atoms with Crippen molar-refractivity contribution in [1.82, 2.24) is 19.7 Å². The molecule has 2 heterocycles. The molecule has 3 N–H and O–H groups in total. The zero-order valence-electron chi connectivity index (χ0n) is 11.4. The van der Waals surface area contributed by atoms with Gasteiger partial charge in [0.2, 0.25) is 0 Å². The van der Waals surface area contributed by atoms with Crippen LogP contribution in [0.1, 0.15) is 38.4 Å². The van der Waals surface area contributed by atoms with E-state index >= 15 is 0 Å². The zero-order valence-corrected chi connectivity index (χ0v) is 11.4. The summed E-state index contributed by atoms with van der Waals surface area (Å²) in [6, 6.07) is 0.00512. The van der Waals surface area contributed by atoms with E-state index in [0.29, 0.717) is 12.4 Å². The predicted octanol–water partition coefficient (Wildman–Crippen LogP) is 0.789. The Labute approximate surface area is 113 Å². The van der Waals surface area contributed by atoms with Crippen molar-refractivity contribution in [2.45, 2.75) is 51.7 Å². The monoisotopic (exact) mass is 266 g/mol. The van der Waals surface area contributed by atoms with Crippen molar-refractivity contribution in [2.75, 3.05) is 6.54 Å². The van der Waals surface area contributed by atoms with Gasteiger partial charge in [0.1, 0.15) is 12.2 Å². The first-order valence-corrected chi connectivity index (χ1v) is 6.84. The normalized spacial score (nSPS) is 21.7. The van der Waals surface area contributed by atoms with Crippen LogP contribution in [-0.2, 0) is 13.1 Å². The molecule has 0 aromatic carbocycles. The van der Waals surface area contributed by atoms with Crippen LogP contribution in [0.4, 0.5) is 0 Å². The number of hydrogen-bond acceptors (Lipinski definition) is 5. The summed E-state index contributed by atoms with van der Waals surface area (Å²) < 4.78 is 1.93. The number of nitrogens with two attached hydrogens (primary N) is 1. The molecule has 7 heteroatoms. The van der Waals surface area contributed by atoms with Gasteiger partial charge in [0.25, 0.3) is 0 Å². The highest BCUT2D eigenvalue weighted by Gasteiger charge is 2.27. The quantitative estimate of drug-likeness (QED) is 0.356. The van der Waals surface area contributed by atoms with E-state index in [1.807, 2.05) is 4.68 Å². The summed E-state index contributed by atoms with van der Waals surface area (Å²) in [4.78, 5) is 6.53. The Morgan fingerprint density at radius 1 is 1.58 bits per heavy atom. The smallest absolute Gasteiger partial charge is 0.156 e. The number of likely N-dealkylation sites (tertiary alicyclic amines) is 1. The van der Waals surface area contributed by atoms with E-state index in [1.54, 1.807) is 6.33 Å². The Balaban J connectivity index is 2.08. The molecule has 1 aromatic rings. The predicted molar refractivity (Wildman–Crippen MR) is 71.8 cm³/mol. The molecule has 2 rings (SSSR count). The van der Waals surface area contributed by atoms with Crippen molar-refractivity contribution in [1.29, 1.82) is 0 Å². The molecule has 1 saturated heterocycles. The third-order valence-electron chi connectivity index (χ3n) is 3.55. The van der Waals surface area contributed by atoms with Gasteiger partial charge in [0, 0.05) is 6.54 Å². The Bertz CT molecular complexity index is 430. The van der Waals surface area contributed by atoms with Crippen molar-refractivity contribution in [3.05, 3.63) is 12.2 Å². The van der Waals surface area contributed by atoms with Gasteiger partial charge >= 0.3 is 0 Å². The van der Waals surface area contributed by atoms with Gasteiger partial charge in [0.05, 0.1) is 12.6 Å². The highest BCUT2D eigenvalue weighted by molar-refractivity contribution is 5.85.